The zero-order valence-corrected chi connectivity index (χ0v) is 60.8. The van der Waals surface area contributed by atoms with E-state index in [2.05, 4.69) is 248 Å². The first-order chi connectivity index (χ1) is 42.7. The Morgan fingerprint density at radius 1 is 0.456 bits per heavy atom. The second-order valence-corrected chi connectivity index (χ2v) is 29.9. The number of benzene rings is 8. The molecule has 5 heterocycles. The van der Waals surface area contributed by atoms with Gasteiger partial charge in [-0.2, -0.15) is 0 Å². The second-order valence-electron chi connectivity index (χ2n) is 23.4. The SMILES string of the molecule is CN(C)CC/C=C1/c2ccccc2Sc2ccc(Cl)cc21.CN(C)CCCN1c2ccccc2Sc2ccc(Cl)cc21.CN(C)CCCN1c2ccccc2Sc2ccc(Cl)cc21.CSc1ccc2c(c1)N(CCC1CCCCN1C)c1ccccc1S2.Cl.Cl. The highest BCUT2D eigenvalue weighted by molar-refractivity contribution is 8.00. The lowest BCUT2D eigenvalue weighted by Crippen LogP contribution is -2.38. The third-order valence-electron chi connectivity index (χ3n) is 16.1. The Bertz CT molecular complexity index is 3570. The van der Waals surface area contributed by atoms with Gasteiger partial charge in [-0.25, -0.2) is 0 Å². The van der Waals surface area contributed by atoms with Gasteiger partial charge in [-0.05, 0) is 246 Å². The molecule has 90 heavy (non-hydrogen) atoms. The van der Waals surface area contributed by atoms with Crippen molar-refractivity contribution in [3.8, 4) is 0 Å². The molecule has 5 aliphatic rings. The van der Waals surface area contributed by atoms with E-state index in [9.17, 15) is 0 Å². The maximum absolute atomic E-state index is 6.21. The number of nitrogens with zero attached hydrogens (tertiary/aromatic N) is 7. The third kappa shape index (κ3) is 18.7. The van der Waals surface area contributed by atoms with Crippen LogP contribution in [-0.2, 0) is 0 Å². The Morgan fingerprint density at radius 3 is 1.37 bits per heavy atom. The second kappa shape index (κ2) is 34.9. The predicted octanol–water partition coefficient (Wildman–Crippen LogP) is 21.7. The van der Waals surface area contributed by atoms with E-state index in [-0.39, 0.29) is 24.8 Å². The molecule has 17 heteroatoms. The number of likely N-dealkylation sites (tertiary alicyclic amines) is 1. The van der Waals surface area contributed by atoms with Crippen molar-refractivity contribution in [3.63, 3.8) is 0 Å². The van der Waals surface area contributed by atoms with Gasteiger partial charge in [0.1, 0.15) is 0 Å². The van der Waals surface area contributed by atoms with Crippen LogP contribution in [0.25, 0.3) is 5.57 Å². The minimum absolute atomic E-state index is 0. The molecular formula is C73H84Cl5N7S5. The molecule has 0 radical (unpaired) electrons. The Hall–Kier alpha value is -4.06. The van der Waals surface area contributed by atoms with Gasteiger partial charge in [-0.15, -0.1) is 36.6 Å². The molecule has 1 saturated heterocycles. The number of rotatable bonds is 15. The van der Waals surface area contributed by atoms with Crippen molar-refractivity contribution in [1.82, 2.24) is 19.6 Å². The van der Waals surface area contributed by atoms with E-state index in [1.807, 2.05) is 77.0 Å². The summed E-state index contributed by atoms with van der Waals surface area (Å²) < 4.78 is 0. The van der Waals surface area contributed by atoms with Crippen LogP contribution in [-0.4, -0.2) is 127 Å². The van der Waals surface area contributed by atoms with Crippen LogP contribution in [0.3, 0.4) is 0 Å². The molecule has 0 N–H and O–H groups in total. The maximum atomic E-state index is 6.21. The van der Waals surface area contributed by atoms with Gasteiger partial charge in [0.2, 0.25) is 0 Å². The normalized spacial score (nSPS) is 15.3. The van der Waals surface area contributed by atoms with Crippen molar-refractivity contribution >= 4 is 158 Å². The third-order valence-corrected chi connectivity index (χ3v) is 22.1. The minimum Gasteiger partial charge on any atom is -0.340 e. The summed E-state index contributed by atoms with van der Waals surface area (Å²) in [7, 11) is 15.0. The average molecular weight is 1400 g/mol. The fraction of sp³-hybridized carbons (Fsp3) is 0.315. The lowest BCUT2D eigenvalue weighted by molar-refractivity contribution is 0.178. The van der Waals surface area contributed by atoms with E-state index in [4.69, 9.17) is 34.8 Å². The molecule has 0 aliphatic carbocycles. The lowest BCUT2D eigenvalue weighted by atomic mass is 9.96. The fourth-order valence-corrected chi connectivity index (χ4v) is 16.9. The van der Waals surface area contributed by atoms with E-state index in [0.717, 1.165) is 79.6 Å². The first-order valence-electron chi connectivity index (χ1n) is 30.5. The van der Waals surface area contributed by atoms with E-state index in [0.29, 0.717) is 0 Å². The molecule has 0 amide bonds. The van der Waals surface area contributed by atoms with E-state index in [1.54, 1.807) is 0 Å². The smallest absolute Gasteiger partial charge is 0.0567 e. The summed E-state index contributed by atoms with van der Waals surface area (Å²) in [5.74, 6) is 0. The summed E-state index contributed by atoms with van der Waals surface area (Å²) in [6.45, 7) is 7.58. The van der Waals surface area contributed by atoms with Crippen LogP contribution in [0.15, 0.2) is 220 Å². The van der Waals surface area contributed by atoms with Gasteiger partial charge in [-0.3, -0.25) is 0 Å². The highest BCUT2D eigenvalue weighted by Crippen LogP contribution is 2.52. The first-order valence-corrected chi connectivity index (χ1v) is 36.2. The van der Waals surface area contributed by atoms with Crippen molar-refractivity contribution in [2.45, 2.75) is 95.0 Å². The summed E-state index contributed by atoms with van der Waals surface area (Å²) in [5.41, 5.74) is 11.7. The molecule has 13 rings (SSSR count). The van der Waals surface area contributed by atoms with Gasteiger partial charge in [0.25, 0.3) is 0 Å². The fourth-order valence-electron chi connectivity index (χ4n) is 11.7. The summed E-state index contributed by atoms with van der Waals surface area (Å²) >= 11 is 27.8. The van der Waals surface area contributed by atoms with Gasteiger partial charge in [0.05, 0.1) is 34.1 Å². The van der Waals surface area contributed by atoms with E-state index in [1.165, 1.54) is 127 Å². The molecule has 1 atom stereocenters. The summed E-state index contributed by atoms with van der Waals surface area (Å²) in [4.78, 5) is 28.5. The number of fused-ring (bicyclic) bond motifs is 8. The molecule has 0 bridgehead atoms. The number of para-hydroxylation sites is 3. The first kappa shape index (κ1) is 71.8. The van der Waals surface area contributed by atoms with Gasteiger partial charge in [-0.1, -0.05) is 149 Å². The molecule has 5 aliphatic heterocycles. The zero-order valence-electron chi connectivity index (χ0n) is 52.8. The largest absolute Gasteiger partial charge is 0.340 e. The molecule has 0 spiro atoms. The lowest BCUT2D eigenvalue weighted by Gasteiger charge is -2.37. The van der Waals surface area contributed by atoms with Gasteiger partial charge < -0.3 is 34.3 Å². The van der Waals surface area contributed by atoms with Crippen molar-refractivity contribution in [2.24, 2.45) is 0 Å². The number of halogens is 5. The highest BCUT2D eigenvalue weighted by atomic mass is 35.5. The highest BCUT2D eigenvalue weighted by Gasteiger charge is 2.28. The summed E-state index contributed by atoms with van der Waals surface area (Å²) in [5, 5.41) is 2.39. The quantitative estimate of drug-likeness (QED) is 0.0914. The Morgan fingerprint density at radius 2 is 0.867 bits per heavy atom. The monoisotopic (exact) mass is 1390 g/mol. The van der Waals surface area contributed by atoms with Crippen molar-refractivity contribution in [2.75, 3.05) is 116 Å². The van der Waals surface area contributed by atoms with Crippen molar-refractivity contribution in [1.29, 1.82) is 0 Å². The Balaban J connectivity index is 0.000000154. The summed E-state index contributed by atoms with van der Waals surface area (Å²) in [6.07, 6.45) is 13.1. The van der Waals surface area contributed by atoms with Crippen LogP contribution in [0.1, 0.15) is 56.1 Å². The standard InChI is InChI=1S/C21H26N2S2.C18H18ClNS.2C17H19ClN2S.2ClH/c1-22-13-6-5-7-16(22)12-14-23-18-8-3-4-9-20(18)25-21-11-10-17(24-2)15-19(21)23;1-20(2)11-5-7-14-15-6-3-4-8-17(15)21-18-10-9-13(19)12-16(14)18;2*1-19(2)10-5-11-20-14-6-3-4-7-16(14)21-17-9-8-13(18)12-15(17)20;;/h3-4,8-11,15-16H,5-7,12-14H2,1-2H3;3-4,6-10,12H,5,11H2,1-2H3;2*3-4,6-9,12H,5,10-11H2,1-2H3;2*1H/b;14-7-;;;;. The molecule has 7 nitrogen and oxygen atoms in total. The average Bonchev–Trinajstić information content (AvgIpc) is 1.21. The van der Waals surface area contributed by atoms with Crippen LogP contribution in [0.5, 0.6) is 0 Å². The molecule has 0 saturated carbocycles. The van der Waals surface area contributed by atoms with E-state index < -0.39 is 0 Å². The van der Waals surface area contributed by atoms with Crippen molar-refractivity contribution in [3.05, 3.63) is 202 Å². The van der Waals surface area contributed by atoms with Crippen LogP contribution in [0, 0.1) is 0 Å². The molecule has 1 unspecified atom stereocenters. The maximum Gasteiger partial charge on any atom is 0.0567 e. The minimum atomic E-state index is 0. The molecule has 8 aromatic carbocycles. The number of hydrogen-bond donors (Lipinski definition) is 0. The molecule has 8 aromatic rings. The van der Waals surface area contributed by atoms with Crippen LogP contribution < -0.4 is 14.7 Å². The van der Waals surface area contributed by atoms with Gasteiger partial charge in [0, 0.05) is 91.3 Å². The number of anilines is 6. The van der Waals surface area contributed by atoms with E-state index >= 15 is 0 Å². The van der Waals surface area contributed by atoms with Crippen molar-refractivity contribution < 1.29 is 0 Å². The molecular weight excluding hydrogens is 1310 g/mol. The Kier molecular flexibility index (Phi) is 27.8. The van der Waals surface area contributed by atoms with Gasteiger partial charge >= 0.3 is 0 Å². The topological polar surface area (TPSA) is 22.7 Å². The number of piperidine rings is 1. The Labute approximate surface area is 585 Å². The molecule has 0 aromatic heterocycles. The predicted molar refractivity (Wildman–Crippen MR) is 402 cm³/mol. The zero-order chi connectivity index (χ0) is 61.7. The number of thioether (sulfide) groups is 1. The molecule has 476 valence electrons. The number of hydrogen-bond acceptors (Lipinski definition) is 12. The van der Waals surface area contributed by atoms with Crippen LogP contribution >= 0.6 is 118 Å². The molecule has 1 fully saturated rings. The van der Waals surface area contributed by atoms with Crippen LogP contribution in [0.4, 0.5) is 34.1 Å². The summed E-state index contributed by atoms with van der Waals surface area (Å²) in [6, 6.07) is 60.8. The van der Waals surface area contributed by atoms with Gasteiger partial charge in [0.15, 0.2) is 0 Å². The van der Waals surface area contributed by atoms with Crippen LogP contribution in [0.2, 0.25) is 15.1 Å².